The van der Waals surface area contributed by atoms with Crippen LogP contribution in [0.4, 0.5) is 0 Å². The smallest absolute Gasteiger partial charge is 0.313 e. The van der Waals surface area contributed by atoms with Crippen LogP contribution in [0.3, 0.4) is 0 Å². The van der Waals surface area contributed by atoms with Gasteiger partial charge in [-0.2, -0.15) is 10.3 Å². The van der Waals surface area contributed by atoms with E-state index >= 15 is 0 Å². The highest BCUT2D eigenvalue weighted by Crippen LogP contribution is 2.50. The van der Waals surface area contributed by atoms with Crippen LogP contribution >= 0.6 is 0 Å². The second kappa shape index (κ2) is 12.1. The molecule has 6 rings (SSSR count). The van der Waals surface area contributed by atoms with Gasteiger partial charge in [0.05, 0.1) is 31.7 Å². The number of likely N-dealkylation sites (N-methyl/N-ethyl adjacent to an activating group) is 1. The summed E-state index contributed by atoms with van der Waals surface area (Å²) in [6, 6.07) is 9.64. The molecule has 2 aliphatic carbocycles. The van der Waals surface area contributed by atoms with Crippen molar-refractivity contribution in [3.63, 3.8) is 0 Å². The van der Waals surface area contributed by atoms with Gasteiger partial charge >= 0.3 is 6.02 Å². The number of carbonyl (C=O) groups excluding carboxylic acids is 1. The molecule has 5 aliphatic rings. The van der Waals surface area contributed by atoms with Crippen LogP contribution in [0.5, 0.6) is 5.75 Å². The number of amides is 1. The van der Waals surface area contributed by atoms with Gasteiger partial charge in [-0.1, -0.05) is 12.6 Å². The van der Waals surface area contributed by atoms with Gasteiger partial charge in [-0.3, -0.25) is 4.79 Å². The Hall–Kier alpha value is -3.38. The van der Waals surface area contributed by atoms with Crippen molar-refractivity contribution in [1.82, 2.24) is 14.7 Å². The molecular weight excluding hydrogens is 528 g/mol. The van der Waals surface area contributed by atoms with E-state index in [0.29, 0.717) is 38.3 Å². The summed E-state index contributed by atoms with van der Waals surface area (Å²) in [6.07, 6.45) is 10.5. The van der Waals surface area contributed by atoms with Gasteiger partial charge in [-0.25, -0.2) is 4.99 Å². The Morgan fingerprint density at radius 3 is 2.86 bits per heavy atom. The first-order valence-electron chi connectivity index (χ1n) is 15.6. The van der Waals surface area contributed by atoms with Crippen molar-refractivity contribution in [2.45, 2.75) is 75.9 Å². The summed E-state index contributed by atoms with van der Waals surface area (Å²) in [5.41, 5.74) is 3.07. The largest absolute Gasteiger partial charge is 0.497 e. The zero-order valence-corrected chi connectivity index (χ0v) is 25.1. The quantitative estimate of drug-likeness (QED) is 0.498. The molecule has 1 spiro atoms. The molecule has 1 aromatic rings. The lowest BCUT2D eigenvalue weighted by atomic mass is 9.60. The average molecular weight is 573 g/mol. The molecule has 0 N–H and O–H groups in total. The fourth-order valence-corrected chi connectivity index (χ4v) is 8.03. The van der Waals surface area contributed by atoms with Crippen molar-refractivity contribution in [2.24, 2.45) is 21.3 Å². The third kappa shape index (κ3) is 5.66. The Bertz CT molecular complexity index is 1300. The molecule has 42 heavy (non-hydrogen) atoms. The van der Waals surface area contributed by atoms with Crippen molar-refractivity contribution in [3.8, 4) is 11.8 Å². The summed E-state index contributed by atoms with van der Waals surface area (Å²) in [4.78, 5) is 29.3. The Labute approximate surface area is 249 Å². The summed E-state index contributed by atoms with van der Waals surface area (Å²) in [7, 11) is 3.90. The Morgan fingerprint density at radius 1 is 1.21 bits per heavy atom. The summed E-state index contributed by atoms with van der Waals surface area (Å²) >= 11 is 0. The van der Waals surface area contributed by atoms with Crippen molar-refractivity contribution >= 4 is 17.8 Å². The summed E-state index contributed by atoms with van der Waals surface area (Å²) in [5, 5.41) is 9.54. The number of methoxy groups -OCH3 is 1. The van der Waals surface area contributed by atoms with E-state index < -0.39 is 0 Å². The molecule has 1 saturated carbocycles. The number of carbonyl (C=O) groups is 1. The van der Waals surface area contributed by atoms with E-state index in [1.165, 1.54) is 30.0 Å². The lowest BCUT2D eigenvalue weighted by Crippen LogP contribution is -2.59. The fourth-order valence-electron chi connectivity index (χ4n) is 8.03. The van der Waals surface area contributed by atoms with Crippen molar-refractivity contribution in [2.75, 3.05) is 46.9 Å². The van der Waals surface area contributed by atoms with Crippen molar-refractivity contribution < 1.29 is 14.3 Å². The highest BCUT2D eigenvalue weighted by Gasteiger charge is 2.47. The van der Waals surface area contributed by atoms with Gasteiger partial charge in [0.15, 0.2) is 0 Å². The van der Waals surface area contributed by atoms with Crippen molar-refractivity contribution in [1.29, 1.82) is 5.26 Å². The molecule has 3 heterocycles. The molecule has 224 valence electrons. The number of fused-ring (bicyclic) bond motifs is 2. The van der Waals surface area contributed by atoms with Crippen LogP contribution in [0, 0.1) is 22.7 Å². The monoisotopic (exact) mass is 572 g/mol. The van der Waals surface area contributed by atoms with Gasteiger partial charge in [0.2, 0.25) is 5.91 Å². The van der Waals surface area contributed by atoms with E-state index in [-0.39, 0.29) is 35.7 Å². The number of aliphatic imine (C=N–C) groups is 2. The number of ether oxygens (including phenoxy) is 2. The topological polar surface area (TPSA) is 93.8 Å². The third-order valence-electron chi connectivity index (χ3n) is 10.5. The van der Waals surface area contributed by atoms with E-state index in [0.717, 1.165) is 56.7 Å². The molecule has 0 radical (unpaired) electrons. The van der Waals surface area contributed by atoms with Gasteiger partial charge in [-0.05, 0) is 99.7 Å². The fraction of sp³-hybridized carbons (Fsp3) is 0.636. The van der Waals surface area contributed by atoms with Gasteiger partial charge < -0.3 is 24.2 Å². The van der Waals surface area contributed by atoms with E-state index in [4.69, 9.17) is 19.5 Å². The van der Waals surface area contributed by atoms with E-state index in [2.05, 4.69) is 47.7 Å². The lowest BCUT2D eigenvalue weighted by Gasteiger charge is -2.49. The summed E-state index contributed by atoms with van der Waals surface area (Å²) in [5.74, 6) is 2.07. The Kier molecular flexibility index (Phi) is 8.26. The van der Waals surface area contributed by atoms with E-state index in [1.54, 1.807) is 12.0 Å². The number of nitriles is 1. The minimum Gasteiger partial charge on any atom is -0.497 e. The van der Waals surface area contributed by atoms with Crippen LogP contribution in [-0.4, -0.2) is 97.5 Å². The number of hydrogen-bond acceptors (Lipinski definition) is 8. The minimum atomic E-state index is -0.189. The number of rotatable bonds is 5. The predicted octanol–water partition coefficient (Wildman–Crippen LogP) is 3.83. The molecule has 3 aliphatic heterocycles. The molecule has 9 nitrogen and oxygen atoms in total. The second-order valence-corrected chi connectivity index (χ2v) is 12.9. The predicted molar refractivity (Wildman–Crippen MR) is 163 cm³/mol. The van der Waals surface area contributed by atoms with Crippen LogP contribution in [-0.2, 0) is 22.4 Å². The molecule has 2 saturated heterocycles. The number of benzene rings is 1. The summed E-state index contributed by atoms with van der Waals surface area (Å²) in [6.45, 7) is 7.19. The number of nitrogens with zero attached hydrogens (tertiary/aromatic N) is 6. The third-order valence-corrected chi connectivity index (χ3v) is 10.5. The normalized spacial score (nSPS) is 31.0. The van der Waals surface area contributed by atoms with Gasteiger partial charge in [0.25, 0.3) is 0 Å². The van der Waals surface area contributed by atoms with Crippen molar-refractivity contribution in [3.05, 3.63) is 42.0 Å². The minimum absolute atomic E-state index is 0.108. The van der Waals surface area contributed by atoms with Crippen LogP contribution in [0.15, 0.2) is 40.8 Å². The molecule has 1 amide bonds. The number of likely N-dealkylation sites (tertiary alicyclic amines) is 1. The maximum absolute atomic E-state index is 12.6. The molecule has 0 aromatic heterocycles. The van der Waals surface area contributed by atoms with Crippen LogP contribution in [0.25, 0.3) is 0 Å². The van der Waals surface area contributed by atoms with E-state index in [1.807, 2.05) is 0 Å². The van der Waals surface area contributed by atoms with Gasteiger partial charge in [0.1, 0.15) is 18.2 Å². The van der Waals surface area contributed by atoms with Crippen LogP contribution in [0.1, 0.15) is 56.1 Å². The van der Waals surface area contributed by atoms with Crippen LogP contribution < -0.4 is 4.74 Å². The van der Waals surface area contributed by atoms with Crippen LogP contribution in [0.2, 0.25) is 0 Å². The van der Waals surface area contributed by atoms with E-state index in [9.17, 15) is 10.1 Å². The van der Waals surface area contributed by atoms with Gasteiger partial charge in [-0.15, -0.1) is 0 Å². The maximum Gasteiger partial charge on any atom is 0.313 e. The zero-order valence-electron chi connectivity index (χ0n) is 25.1. The maximum atomic E-state index is 12.6. The molecule has 5 unspecified atom stereocenters. The first-order valence-corrected chi connectivity index (χ1v) is 15.6. The number of aryl methyl sites for hydroxylation is 1. The molecule has 3 fully saturated rings. The van der Waals surface area contributed by atoms with Gasteiger partial charge in [0, 0.05) is 31.6 Å². The standard InChI is InChI=1S/C33H44N6O3/c1-4-30(40)39-17-16-38(21-25(39)11-14-34)31-28-10-13-33(12-9-23-7-8-27(41-3)18-24(23)19-33)20-29(28)35-32(36-31)42-22-26-6-5-15-37(26)2/h4,7-8,18,25-26,28-29H,1,5-6,9-13,15-17,19-22H2,2-3H3. The molecular formula is C33H44N6O3. The number of piperazine rings is 1. The lowest BCUT2D eigenvalue weighted by molar-refractivity contribution is -0.130. The molecule has 9 heteroatoms. The first-order chi connectivity index (χ1) is 20.4. The second-order valence-electron chi connectivity index (χ2n) is 12.9. The highest BCUT2D eigenvalue weighted by molar-refractivity contribution is 5.98. The first kappa shape index (κ1) is 28.7. The molecule has 1 aromatic carbocycles. The Morgan fingerprint density at radius 2 is 2.10 bits per heavy atom. The molecule has 0 bridgehead atoms. The zero-order chi connectivity index (χ0) is 29.3. The SMILES string of the molecule is C=CC(=O)N1CCN(C2=NC(OCC3CCCN3C)=NC3CC4(CCc5ccc(OC)cc5C4)CCC23)CC1CC#N. The average Bonchev–Trinajstić information content (AvgIpc) is 3.43. The number of hydrogen-bond donors (Lipinski definition) is 0. The summed E-state index contributed by atoms with van der Waals surface area (Å²) < 4.78 is 11.9. The number of amidine groups is 2. The highest BCUT2D eigenvalue weighted by atomic mass is 16.5. The molecule has 5 atom stereocenters. The Balaban J connectivity index is 1.25.